The van der Waals surface area contributed by atoms with Gasteiger partial charge >= 0.3 is 10.1 Å². The van der Waals surface area contributed by atoms with Gasteiger partial charge in [-0.25, -0.2) is 0 Å². The summed E-state index contributed by atoms with van der Waals surface area (Å²) in [5.74, 6) is 0.546. The van der Waals surface area contributed by atoms with E-state index in [1.54, 1.807) is 25.3 Å². The van der Waals surface area contributed by atoms with Gasteiger partial charge in [0.05, 0.1) is 11.4 Å². The summed E-state index contributed by atoms with van der Waals surface area (Å²) in [6, 6.07) is 3.40. The molecule has 126 valence electrons. The predicted molar refractivity (Wildman–Crippen MR) is 90.7 cm³/mol. The van der Waals surface area contributed by atoms with Crippen LogP contribution in [0.3, 0.4) is 0 Å². The summed E-state index contributed by atoms with van der Waals surface area (Å²) in [7, 11) is -3.50. The van der Waals surface area contributed by atoms with Crippen molar-refractivity contribution < 1.29 is 12.6 Å². The fourth-order valence-electron chi connectivity index (χ4n) is 2.41. The Bertz CT molecular complexity index is 528. The van der Waals surface area contributed by atoms with Crippen molar-refractivity contribution in [2.45, 2.75) is 71.6 Å². The Morgan fingerprint density at radius 2 is 1.82 bits per heavy atom. The van der Waals surface area contributed by atoms with Gasteiger partial charge < -0.3 is 4.18 Å². The number of unbranched alkanes of at least 4 members (excludes halogenated alkanes) is 5. The second-order valence-corrected chi connectivity index (χ2v) is 7.63. The molecule has 0 fully saturated rings. The predicted octanol–water partition coefficient (Wildman–Crippen LogP) is 4.66. The van der Waals surface area contributed by atoms with Gasteiger partial charge in [0, 0.05) is 12.1 Å². The van der Waals surface area contributed by atoms with Crippen LogP contribution in [0.25, 0.3) is 0 Å². The van der Waals surface area contributed by atoms with E-state index in [1.807, 2.05) is 0 Å². The van der Waals surface area contributed by atoms with Gasteiger partial charge in [0.2, 0.25) is 0 Å². The number of hydrogen-bond donors (Lipinski definition) is 0. The molecule has 0 aliphatic carbocycles. The summed E-state index contributed by atoms with van der Waals surface area (Å²) < 4.78 is 28.5. The van der Waals surface area contributed by atoms with Gasteiger partial charge in [0.25, 0.3) is 0 Å². The van der Waals surface area contributed by atoms with Crippen LogP contribution in [-0.2, 0) is 10.1 Å². The molecule has 0 saturated heterocycles. The van der Waals surface area contributed by atoms with Gasteiger partial charge in [-0.05, 0) is 25.5 Å². The van der Waals surface area contributed by atoms with Gasteiger partial charge in [-0.15, -0.1) is 0 Å². The molecule has 4 nitrogen and oxygen atoms in total. The molecule has 1 atom stereocenters. The summed E-state index contributed by atoms with van der Waals surface area (Å²) >= 11 is 0. The molecule has 0 radical (unpaired) electrons. The number of rotatable bonds is 11. The van der Waals surface area contributed by atoms with E-state index < -0.39 is 10.1 Å². The van der Waals surface area contributed by atoms with Crippen LogP contribution in [-0.4, -0.2) is 19.2 Å². The highest BCUT2D eigenvalue weighted by Gasteiger charge is 2.17. The Hall–Kier alpha value is -1.10. The van der Waals surface area contributed by atoms with Crippen LogP contribution < -0.4 is 4.18 Å². The minimum Gasteiger partial charge on any atom is -0.380 e. The third-order valence-electron chi connectivity index (χ3n) is 3.83. The standard InChI is InChI=1S/C17H29NO3S/c1-4-6-7-8-9-10-12-15(3)17-16(13-11-14-18-17)21-22(19,20)5-2/h11,13-15H,4-10,12H2,1-3H3. The smallest absolute Gasteiger partial charge is 0.308 e. The second kappa shape index (κ2) is 9.82. The molecule has 0 aromatic carbocycles. The van der Waals surface area contributed by atoms with Crippen LogP contribution in [0.5, 0.6) is 5.75 Å². The summed E-state index contributed by atoms with van der Waals surface area (Å²) in [5.41, 5.74) is 0.744. The van der Waals surface area contributed by atoms with E-state index in [-0.39, 0.29) is 11.7 Å². The van der Waals surface area contributed by atoms with E-state index in [1.165, 1.54) is 32.1 Å². The monoisotopic (exact) mass is 327 g/mol. The van der Waals surface area contributed by atoms with E-state index in [9.17, 15) is 8.42 Å². The summed E-state index contributed by atoms with van der Waals surface area (Å²) in [4.78, 5) is 4.34. The highest BCUT2D eigenvalue weighted by atomic mass is 32.2. The van der Waals surface area contributed by atoms with Crippen LogP contribution in [0.15, 0.2) is 18.3 Å². The Morgan fingerprint density at radius 1 is 1.14 bits per heavy atom. The lowest BCUT2D eigenvalue weighted by Crippen LogP contribution is -2.13. The third kappa shape index (κ3) is 6.77. The maximum absolute atomic E-state index is 11.7. The van der Waals surface area contributed by atoms with E-state index in [4.69, 9.17) is 4.18 Å². The molecule has 1 aromatic rings. The van der Waals surface area contributed by atoms with Crippen molar-refractivity contribution in [2.75, 3.05) is 5.75 Å². The molecular weight excluding hydrogens is 298 g/mol. The fourth-order valence-corrected chi connectivity index (χ4v) is 2.94. The molecule has 0 aliphatic heterocycles. The van der Waals surface area contributed by atoms with Gasteiger partial charge in [0.15, 0.2) is 5.75 Å². The molecular formula is C17H29NO3S. The van der Waals surface area contributed by atoms with E-state index in [0.29, 0.717) is 5.75 Å². The third-order valence-corrected chi connectivity index (χ3v) is 4.97. The van der Waals surface area contributed by atoms with Crippen LogP contribution in [0.1, 0.15) is 77.3 Å². The molecule has 0 aliphatic rings. The molecule has 0 saturated carbocycles. The number of hydrogen-bond acceptors (Lipinski definition) is 4. The topological polar surface area (TPSA) is 56.3 Å². The zero-order valence-corrected chi connectivity index (χ0v) is 14.9. The van der Waals surface area contributed by atoms with Crippen molar-refractivity contribution in [3.05, 3.63) is 24.0 Å². The van der Waals surface area contributed by atoms with E-state index in [2.05, 4.69) is 18.8 Å². The first-order valence-electron chi connectivity index (χ1n) is 8.37. The van der Waals surface area contributed by atoms with Crippen molar-refractivity contribution in [1.29, 1.82) is 0 Å². The fraction of sp³-hybridized carbons (Fsp3) is 0.706. The zero-order valence-electron chi connectivity index (χ0n) is 14.0. The molecule has 1 unspecified atom stereocenters. The average Bonchev–Trinajstić information content (AvgIpc) is 2.50. The first-order chi connectivity index (χ1) is 10.5. The number of pyridine rings is 1. The van der Waals surface area contributed by atoms with E-state index >= 15 is 0 Å². The quantitative estimate of drug-likeness (QED) is 0.438. The Kier molecular flexibility index (Phi) is 8.46. The zero-order chi connectivity index (χ0) is 16.4. The van der Waals surface area contributed by atoms with Crippen molar-refractivity contribution in [1.82, 2.24) is 4.98 Å². The largest absolute Gasteiger partial charge is 0.380 e. The first-order valence-corrected chi connectivity index (χ1v) is 9.95. The van der Waals surface area contributed by atoms with Crippen LogP contribution in [0.2, 0.25) is 0 Å². The minimum atomic E-state index is -3.50. The number of nitrogens with zero attached hydrogens (tertiary/aromatic N) is 1. The Morgan fingerprint density at radius 3 is 2.50 bits per heavy atom. The van der Waals surface area contributed by atoms with Crippen LogP contribution >= 0.6 is 0 Å². The van der Waals surface area contributed by atoms with Crippen molar-refractivity contribution >= 4 is 10.1 Å². The molecule has 0 N–H and O–H groups in total. The highest BCUT2D eigenvalue weighted by Crippen LogP contribution is 2.29. The second-order valence-electron chi connectivity index (χ2n) is 5.77. The molecule has 1 heterocycles. The number of aromatic nitrogens is 1. The Balaban J connectivity index is 2.56. The molecule has 0 spiro atoms. The normalized spacial score (nSPS) is 13.0. The van der Waals surface area contributed by atoms with Crippen molar-refractivity contribution in [3.63, 3.8) is 0 Å². The van der Waals surface area contributed by atoms with E-state index in [0.717, 1.165) is 18.5 Å². The lowest BCUT2D eigenvalue weighted by molar-refractivity contribution is 0.474. The van der Waals surface area contributed by atoms with Gasteiger partial charge in [-0.1, -0.05) is 52.4 Å². The van der Waals surface area contributed by atoms with Gasteiger partial charge in [-0.3, -0.25) is 4.98 Å². The molecule has 22 heavy (non-hydrogen) atoms. The summed E-state index contributed by atoms with van der Waals surface area (Å²) in [6.07, 6.45) is 10.2. The SMILES string of the molecule is CCCCCCCCC(C)c1ncccc1OS(=O)(=O)CC. The molecule has 0 bridgehead atoms. The lowest BCUT2D eigenvalue weighted by Gasteiger charge is -2.15. The summed E-state index contributed by atoms with van der Waals surface area (Å²) in [5, 5.41) is 0. The molecule has 5 heteroatoms. The lowest BCUT2D eigenvalue weighted by atomic mass is 9.98. The minimum absolute atomic E-state index is 0.0346. The highest BCUT2D eigenvalue weighted by molar-refractivity contribution is 7.87. The van der Waals surface area contributed by atoms with Crippen LogP contribution in [0.4, 0.5) is 0 Å². The van der Waals surface area contributed by atoms with Gasteiger partial charge in [-0.2, -0.15) is 8.42 Å². The maximum Gasteiger partial charge on any atom is 0.308 e. The molecule has 0 amide bonds. The van der Waals surface area contributed by atoms with Crippen molar-refractivity contribution in [2.24, 2.45) is 0 Å². The van der Waals surface area contributed by atoms with Crippen LogP contribution in [0, 0.1) is 0 Å². The maximum atomic E-state index is 11.7. The molecule has 1 rings (SSSR count). The average molecular weight is 327 g/mol. The Labute approximate surface area is 135 Å². The summed E-state index contributed by atoms with van der Waals surface area (Å²) in [6.45, 7) is 5.87. The van der Waals surface area contributed by atoms with Crippen molar-refractivity contribution in [3.8, 4) is 5.75 Å². The molecule has 1 aromatic heterocycles. The van der Waals surface area contributed by atoms with Gasteiger partial charge in [0.1, 0.15) is 0 Å². The first kappa shape index (κ1) is 18.9.